The average Bonchev–Trinajstić information content (AvgIpc) is 3.40. The summed E-state index contributed by atoms with van der Waals surface area (Å²) in [6.07, 6.45) is -7.70. The Bertz CT molecular complexity index is 1680. The number of aliphatic carboxylic acids is 1. The Morgan fingerprint density at radius 3 is 2.26 bits per heavy atom. The summed E-state index contributed by atoms with van der Waals surface area (Å²) in [5, 5.41) is 44.2. The monoisotopic (exact) mass is 789 g/mol. The summed E-state index contributed by atoms with van der Waals surface area (Å²) in [6.45, 7) is 3.86. The predicted molar refractivity (Wildman–Crippen MR) is 179 cm³/mol. The Hall–Kier alpha value is -4.71. The summed E-state index contributed by atoms with van der Waals surface area (Å²) in [6, 6.07) is 2.42. The predicted octanol–water partition coefficient (Wildman–Crippen LogP) is -2.75. The molecule has 0 radical (unpaired) electrons. The fourth-order valence-electron chi connectivity index (χ4n) is 4.71. The molecule has 1 saturated heterocycles. The van der Waals surface area contributed by atoms with Gasteiger partial charge in [-0.3, -0.25) is 33.4 Å². The van der Waals surface area contributed by atoms with Crippen molar-refractivity contribution in [2.75, 3.05) is 38.7 Å². The number of ether oxygens (including phenoxy) is 5. The van der Waals surface area contributed by atoms with Crippen molar-refractivity contribution in [1.29, 1.82) is 0 Å². The van der Waals surface area contributed by atoms with Gasteiger partial charge >= 0.3 is 11.9 Å². The summed E-state index contributed by atoms with van der Waals surface area (Å²) in [5.74, 6) is -6.34. The first-order chi connectivity index (χ1) is 25.2. The van der Waals surface area contributed by atoms with Gasteiger partial charge in [-0.1, -0.05) is 0 Å². The number of benzene rings is 1. The van der Waals surface area contributed by atoms with Gasteiger partial charge in [-0.2, -0.15) is 8.42 Å². The van der Waals surface area contributed by atoms with Crippen LogP contribution in [0, 0.1) is 5.41 Å². The van der Waals surface area contributed by atoms with E-state index in [0.29, 0.717) is 5.56 Å². The van der Waals surface area contributed by atoms with E-state index in [-0.39, 0.29) is 51.0 Å². The van der Waals surface area contributed by atoms with Gasteiger partial charge in [-0.25, -0.2) is 4.79 Å². The van der Waals surface area contributed by atoms with E-state index in [4.69, 9.17) is 23.7 Å². The molecule has 0 spiro atoms. The fourth-order valence-corrected chi connectivity index (χ4v) is 5.37. The molecule has 3 rings (SSSR count). The number of aliphatic hydroxyl groups excluding tert-OH is 3. The van der Waals surface area contributed by atoms with Gasteiger partial charge in [-0.15, -0.1) is 0 Å². The van der Waals surface area contributed by atoms with Gasteiger partial charge in [0.15, 0.2) is 6.10 Å². The molecule has 1 unspecified atom stereocenters. The van der Waals surface area contributed by atoms with Crippen molar-refractivity contribution in [2.24, 2.45) is 5.41 Å². The normalized spacial score (nSPS) is 22.1. The second-order valence-corrected chi connectivity index (χ2v) is 14.5. The maximum atomic E-state index is 12.6. The van der Waals surface area contributed by atoms with Crippen LogP contribution in [0.2, 0.25) is 0 Å². The molecule has 0 aliphatic carbocycles. The Morgan fingerprint density at radius 2 is 1.65 bits per heavy atom. The largest absolute Gasteiger partial charge is 0.491 e. The number of amides is 4. The number of carboxylic acids is 1. The lowest BCUT2D eigenvalue weighted by atomic mass is 9.97. The molecular formula is C32H43N3O18S. The van der Waals surface area contributed by atoms with E-state index < -0.39 is 100 Å². The number of hydrogen-bond acceptors (Lipinski definition) is 16. The average molecular weight is 790 g/mol. The highest BCUT2D eigenvalue weighted by Gasteiger charge is 2.48. The van der Waals surface area contributed by atoms with Crippen molar-refractivity contribution in [1.82, 2.24) is 15.5 Å². The van der Waals surface area contributed by atoms with Crippen molar-refractivity contribution in [2.45, 2.75) is 70.5 Å². The zero-order valence-corrected chi connectivity index (χ0v) is 30.2. The Morgan fingerprint density at radius 1 is 0.981 bits per heavy atom. The van der Waals surface area contributed by atoms with Crippen LogP contribution in [0.15, 0.2) is 30.4 Å². The number of hydrogen-bond donors (Lipinski definition) is 7. The number of aliphatic hydroxyl groups is 3. The summed E-state index contributed by atoms with van der Waals surface area (Å²) >= 11 is 0. The Kier molecular flexibility index (Phi) is 15.4. The number of carbonyl (C=O) groups excluding carboxylic acids is 5. The third kappa shape index (κ3) is 13.0. The smallest absolute Gasteiger partial charge is 0.335 e. The summed E-state index contributed by atoms with van der Waals surface area (Å²) in [5.41, 5.74) is -0.459. The number of rotatable bonds is 19. The van der Waals surface area contributed by atoms with Crippen LogP contribution in [0.5, 0.6) is 11.5 Å². The molecule has 300 valence electrons. The third-order valence-corrected chi connectivity index (χ3v) is 8.35. The molecule has 0 bridgehead atoms. The third-order valence-electron chi connectivity index (χ3n) is 7.60. The molecule has 21 nitrogen and oxygen atoms in total. The molecule has 0 aromatic heterocycles. The van der Waals surface area contributed by atoms with Crippen LogP contribution in [0.3, 0.4) is 0 Å². The van der Waals surface area contributed by atoms with Gasteiger partial charge < -0.3 is 54.7 Å². The first-order valence-electron chi connectivity index (χ1n) is 16.3. The van der Waals surface area contributed by atoms with Crippen LogP contribution in [0.25, 0.3) is 0 Å². The van der Waals surface area contributed by atoms with Crippen molar-refractivity contribution in [3.8, 4) is 11.5 Å². The van der Waals surface area contributed by atoms with Crippen LogP contribution in [-0.4, -0.2) is 149 Å². The molecule has 4 amide bonds. The minimum atomic E-state index is -4.73. The molecule has 2 aliphatic heterocycles. The molecule has 2 aliphatic rings. The van der Waals surface area contributed by atoms with Gasteiger partial charge in [0.2, 0.25) is 18.1 Å². The summed E-state index contributed by atoms with van der Waals surface area (Å²) in [4.78, 5) is 72.9. The van der Waals surface area contributed by atoms with E-state index in [1.54, 1.807) is 20.8 Å². The van der Waals surface area contributed by atoms with Crippen molar-refractivity contribution >= 4 is 45.7 Å². The molecule has 22 heteroatoms. The molecule has 1 aromatic rings. The highest BCUT2D eigenvalue weighted by Crippen LogP contribution is 2.30. The first-order valence-corrected chi connectivity index (χ1v) is 17.9. The summed E-state index contributed by atoms with van der Waals surface area (Å²) < 4.78 is 59.5. The minimum Gasteiger partial charge on any atom is -0.491 e. The van der Waals surface area contributed by atoms with Crippen LogP contribution in [0.1, 0.15) is 32.8 Å². The van der Waals surface area contributed by atoms with Gasteiger partial charge in [0.05, 0.1) is 18.6 Å². The maximum Gasteiger partial charge on any atom is 0.335 e. The lowest BCUT2D eigenvalue weighted by Gasteiger charge is -2.38. The molecular weight excluding hydrogens is 746 g/mol. The Labute approximate surface area is 308 Å². The standard InChI is InChI=1S/C32H43N3O18S/c1-32(2,3)31(45)51-15-17-4-5-18(52-30-26(41)24(39)25(40)27(53-30)29(43)44)14-20(17)50-13-12-49-11-9-33-28(42)19(16-54(46,47)48)34-21(36)8-10-35-22(37)6-7-23(35)38/h4-7,14,19,24-27,30,39-41H,8-13,15-16H2,1-3H3,(H,33,42)(H,34,36)(H,43,44)(H,46,47,48)/t19?,24-,25-,26+,27-,30+/m0/s1. The lowest BCUT2D eigenvalue weighted by molar-refractivity contribution is -0.271. The van der Waals surface area contributed by atoms with Gasteiger partial charge in [-0.05, 0) is 32.9 Å². The topological polar surface area (TPSA) is 311 Å². The van der Waals surface area contributed by atoms with E-state index >= 15 is 0 Å². The SMILES string of the molecule is CC(C)(C)C(=O)OCc1ccc(O[C@@H]2O[C@H](C(=O)O)[C@@H](O)[C@H](O)[C@H]2O)cc1OCCOCCNC(=O)C(CS(=O)(=O)O)NC(=O)CCN1C(=O)C=CC1=O. The van der Waals surface area contributed by atoms with E-state index in [2.05, 4.69) is 10.6 Å². The fraction of sp³-hybridized carbons (Fsp3) is 0.562. The van der Waals surface area contributed by atoms with Gasteiger partial charge in [0, 0.05) is 43.3 Å². The van der Waals surface area contributed by atoms with Gasteiger partial charge in [0.25, 0.3) is 21.9 Å². The van der Waals surface area contributed by atoms with Crippen molar-refractivity contribution < 1.29 is 85.8 Å². The van der Waals surface area contributed by atoms with E-state index in [9.17, 15) is 62.2 Å². The quantitative estimate of drug-likeness (QED) is 0.0323. The van der Waals surface area contributed by atoms with E-state index in [1.165, 1.54) is 18.2 Å². The van der Waals surface area contributed by atoms with Crippen LogP contribution >= 0.6 is 0 Å². The molecule has 1 fully saturated rings. The second-order valence-electron chi connectivity index (χ2n) is 13.0. The number of nitrogens with zero attached hydrogens (tertiary/aromatic N) is 1. The number of carboxylic acid groups (broad SMARTS) is 1. The molecule has 6 atom stereocenters. The van der Waals surface area contributed by atoms with Gasteiger partial charge in [0.1, 0.15) is 54.8 Å². The number of carbonyl (C=O) groups is 6. The molecule has 0 saturated carbocycles. The van der Waals surface area contributed by atoms with Crippen LogP contribution in [-0.2, 0) is 59.7 Å². The van der Waals surface area contributed by atoms with Crippen molar-refractivity contribution in [3.05, 3.63) is 35.9 Å². The molecule has 2 heterocycles. The maximum absolute atomic E-state index is 12.6. The lowest BCUT2D eigenvalue weighted by Crippen LogP contribution is -2.61. The first kappa shape index (κ1) is 43.7. The number of nitrogens with one attached hydrogen (secondary N) is 2. The molecule has 1 aromatic carbocycles. The highest BCUT2D eigenvalue weighted by atomic mass is 32.2. The van der Waals surface area contributed by atoms with E-state index in [1.807, 2.05) is 0 Å². The van der Waals surface area contributed by atoms with Crippen LogP contribution in [0.4, 0.5) is 0 Å². The highest BCUT2D eigenvalue weighted by molar-refractivity contribution is 7.85. The minimum absolute atomic E-state index is 0.0297. The molecule has 54 heavy (non-hydrogen) atoms. The van der Waals surface area contributed by atoms with Crippen molar-refractivity contribution in [3.63, 3.8) is 0 Å². The number of esters is 1. The molecule has 7 N–H and O–H groups in total. The summed E-state index contributed by atoms with van der Waals surface area (Å²) in [7, 11) is -4.73. The van der Waals surface area contributed by atoms with Crippen LogP contribution < -0.4 is 20.1 Å². The number of imide groups is 1. The Balaban J connectivity index is 1.55. The van der Waals surface area contributed by atoms with E-state index in [0.717, 1.165) is 17.1 Å². The second kappa shape index (κ2) is 19.1. The zero-order valence-electron chi connectivity index (χ0n) is 29.4. The zero-order chi connectivity index (χ0) is 40.4.